The molecule has 0 spiro atoms. The van der Waals surface area contributed by atoms with Crippen LogP contribution in [0.15, 0.2) is 163 Å². The molecule has 3 heterocycles. The van der Waals surface area contributed by atoms with E-state index in [0.717, 1.165) is 39.3 Å². The maximum absolute atomic E-state index is 2.46. The molecular weight excluding hydrogens is 684 g/mol. The van der Waals surface area contributed by atoms with E-state index < -0.39 is 0 Å². The molecule has 0 unspecified atom stereocenters. The summed E-state index contributed by atoms with van der Waals surface area (Å²) in [6.07, 6.45) is 28.9. The SMILES string of the molecule is C1=CN(Cc2ccccc2)CC=C1CCP(CCC1=CCN(Cc2ccccc2)C=C1)CCC1=CCN(Cc2ccccc2)C=C1.[Cl-].[Cl-].[Cl-]. The molecule has 3 aliphatic rings. The van der Waals surface area contributed by atoms with E-state index in [1.165, 1.54) is 71.2 Å². The molecule has 260 valence electrons. The number of halogens is 3. The van der Waals surface area contributed by atoms with Crippen molar-refractivity contribution in [2.75, 3.05) is 38.1 Å². The van der Waals surface area contributed by atoms with E-state index in [1.54, 1.807) is 0 Å². The van der Waals surface area contributed by atoms with Gasteiger partial charge < -0.3 is 51.9 Å². The molecule has 0 bridgehead atoms. The zero-order chi connectivity index (χ0) is 31.2. The summed E-state index contributed by atoms with van der Waals surface area (Å²) in [6, 6.07) is 32.4. The highest BCUT2D eigenvalue weighted by Gasteiger charge is 2.15. The van der Waals surface area contributed by atoms with Crippen LogP contribution in [0.1, 0.15) is 36.0 Å². The number of hydrogen-bond donors (Lipinski definition) is 0. The monoisotopic (exact) mass is 730 g/mol. The lowest BCUT2D eigenvalue weighted by Gasteiger charge is -2.26. The summed E-state index contributed by atoms with van der Waals surface area (Å²) < 4.78 is 0. The minimum Gasteiger partial charge on any atom is -1.00 e. The molecule has 0 aliphatic carbocycles. The number of rotatable bonds is 15. The Morgan fingerprint density at radius 3 is 0.939 bits per heavy atom. The summed E-state index contributed by atoms with van der Waals surface area (Å²) in [5.74, 6) is 0. The van der Waals surface area contributed by atoms with E-state index in [-0.39, 0.29) is 45.1 Å². The second-order valence-corrected chi connectivity index (χ2v) is 15.3. The number of hydrogen-bond acceptors (Lipinski definition) is 3. The lowest BCUT2D eigenvalue weighted by Crippen LogP contribution is -3.00. The first kappa shape index (κ1) is 40.2. The van der Waals surface area contributed by atoms with Crippen LogP contribution in [0.5, 0.6) is 0 Å². The van der Waals surface area contributed by atoms with Gasteiger partial charge in [0.15, 0.2) is 0 Å². The minimum absolute atomic E-state index is 0. The molecule has 0 N–H and O–H groups in total. The Hall–Kier alpha value is -3.20. The zero-order valence-electron chi connectivity index (χ0n) is 28.3. The molecular formula is C42H48Cl3N3P-3. The third-order valence-corrected chi connectivity index (χ3v) is 11.7. The second kappa shape index (κ2) is 21.8. The fraction of sp³-hybridized carbons (Fsp3) is 0.286. The van der Waals surface area contributed by atoms with Crippen LogP contribution in [0.25, 0.3) is 0 Å². The maximum Gasteiger partial charge on any atom is 0.0427 e. The van der Waals surface area contributed by atoms with Crippen LogP contribution in [-0.4, -0.2) is 52.8 Å². The smallest absolute Gasteiger partial charge is 0.0427 e. The van der Waals surface area contributed by atoms with Gasteiger partial charge in [-0.15, -0.1) is 7.92 Å². The molecule has 3 aromatic carbocycles. The van der Waals surface area contributed by atoms with Crippen LogP contribution in [0.3, 0.4) is 0 Å². The highest BCUT2D eigenvalue weighted by Crippen LogP contribution is 2.41. The average Bonchev–Trinajstić information content (AvgIpc) is 3.11. The number of benzene rings is 3. The third-order valence-electron chi connectivity index (χ3n) is 9.10. The lowest BCUT2D eigenvalue weighted by molar-refractivity contribution is -0.001000. The molecule has 3 aliphatic heterocycles. The maximum atomic E-state index is 2.46. The first-order valence-corrected chi connectivity index (χ1v) is 18.8. The van der Waals surface area contributed by atoms with Crippen molar-refractivity contribution < 1.29 is 37.2 Å². The Bertz CT molecular complexity index is 1380. The quantitative estimate of drug-likeness (QED) is 0.212. The second-order valence-electron chi connectivity index (χ2n) is 12.6. The van der Waals surface area contributed by atoms with Crippen LogP contribution in [-0.2, 0) is 19.6 Å². The van der Waals surface area contributed by atoms with E-state index >= 15 is 0 Å². The molecule has 7 heteroatoms. The van der Waals surface area contributed by atoms with E-state index in [9.17, 15) is 0 Å². The molecule has 0 radical (unpaired) electrons. The van der Waals surface area contributed by atoms with Gasteiger partial charge in [-0.1, -0.05) is 109 Å². The van der Waals surface area contributed by atoms with E-state index in [0.29, 0.717) is 0 Å². The first-order valence-electron chi connectivity index (χ1n) is 16.9. The van der Waals surface area contributed by atoms with E-state index in [4.69, 9.17) is 0 Å². The van der Waals surface area contributed by atoms with Gasteiger partial charge in [-0.3, -0.25) is 0 Å². The highest BCUT2D eigenvalue weighted by atomic mass is 35.5. The van der Waals surface area contributed by atoms with Crippen molar-refractivity contribution in [3.05, 3.63) is 179 Å². The summed E-state index contributed by atoms with van der Waals surface area (Å²) in [7, 11) is -0.0527. The Labute approximate surface area is 314 Å². The predicted octanol–water partition coefficient (Wildman–Crippen LogP) is 0.518. The van der Waals surface area contributed by atoms with Crippen LogP contribution in [0, 0.1) is 0 Å². The topological polar surface area (TPSA) is 9.72 Å². The van der Waals surface area contributed by atoms with Crippen molar-refractivity contribution in [3.63, 3.8) is 0 Å². The van der Waals surface area contributed by atoms with E-state index in [1.807, 2.05) is 0 Å². The zero-order valence-corrected chi connectivity index (χ0v) is 31.4. The van der Waals surface area contributed by atoms with Crippen molar-refractivity contribution in [1.82, 2.24) is 14.7 Å². The van der Waals surface area contributed by atoms with Crippen LogP contribution in [0.2, 0.25) is 0 Å². The summed E-state index contributed by atoms with van der Waals surface area (Å²) in [6.45, 7) is 5.95. The average molecular weight is 732 g/mol. The Morgan fingerprint density at radius 2 is 0.694 bits per heavy atom. The van der Waals surface area contributed by atoms with Crippen LogP contribution < -0.4 is 37.2 Å². The summed E-state index contributed by atoms with van der Waals surface area (Å²) in [5, 5.41) is 0. The standard InChI is InChI=1S/C42H48N3P.3ClH/c1-4-10-40(11-5-1)34-43-25-16-37(17-26-43)22-31-46(32-23-38-18-27-44(28-19-38)35-41-12-6-2-7-13-41)33-24-39-20-29-45(30-21-39)36-42-14-8-3-9-15-42;;;/h1-21,25,27,29H,22-24,26,28,30-36H2;3*1H/p-3. The Balaban J connectivity index is 0.00000217. The lowest BCUT2D eigenvalue weighted by atomic mass is 10.1. The normalized spacial score (nSPS) is 15.1. The van der Waals surface area contributed by atoms with Gasteiger partial charge in [0, 0.05) is 39.3 Å². The Kier molecular flexibility index (Phi) is 17.9. The molecule has 0 saturated carbocycles. The van der Waals surface area contributed by atoms with Crippen molar-refractivity contribution in [2.45, 2.75) is 38.9 Å². The third kappa shape index (κ3) is 13.6. The van der Waals surface area contributed by atoms with Crippen LogP contribution >= 0.6 is 7.92 Å². The van der Waals surface area contributed by atoms with Gasteiger partial charge in [-0.05, 0) is 108 Å². The van der Waals surface area contributed by atoms with Crippen molar-refractivity contribution in [3.8, 4) is 0 Å². The predicted molar refractivity (Wildman–Crippen MR) is 198 cm³/mol. The molecule has 6 rings (SSSR count). The first-order chi connectivity index (χ1) is 22.7. The van der Waals surface area contributed by atoms with Gasteiger partial charge in [0.05, 0.1) is 0 Å². The molecule has 0 aromatic heterocycles. The molecule has 0 saturated heterocycles. The summed E-state index contributed by atoms with van der Waals surface area (Å²) in [5.41, 5.74) is 8.65. The summed E-state index contributed by atoms with van der Waals surface area (Å²) in [4.78, 5) is 7.23. The van der Waals surface area contributed by atoms with Crippen LogP contribution in [0.4, 0.5) is 0 Å². The van der Waals surface area contributed by atoms with Gasteiger partial charge in [0.2, 0.25) is 0 Å². The van der Waals surface area contributed by atoms with Gasteiger partial charge in [-0.25, -0.2) is 0 Å². The van der Waals surface area contributed by atoms with E-state index in [2.05, 4.69) is 161 Å². The number of nitrogens with zero attached hydrogens (tertiary/aromatic N) is 3. The largest absolute Gasteiger partial charge is 1.00 e. The van der Waals surface area contributed by atoms with Gasteiger partial charge in [0.1, 0.15) is 0 Å². The molecule has 49 heavy (non-hydrogen) atoms. The fourth-order valence-corrected chi connectivity index (χ4v) is 8.65. The van der Waals surface area contributed by atoms with Crippen molar-refractivity contribution >= 4 is 7.92 Å². The minimum atomic E-state index is -0.0527. The van der Waals surface area contributed by atoms with Gasteiger partial charge >= 0.3 is 0 Å². The van der Waals surface area contributed by atoms with Crippen molar-refractivity contribution in [1.29, 1.82) is 0 Å². The summed E-state index contributed by atoms with van der Waals surface area (Å²) >= 11 is 0. The fourth-order valence-electron chi connectivity index (χ4n) is 6.25. The van der Waals surface area contributed by atoms with Gasteiger partial charge in [-0.2, -0.15) is 0 Å². The molecule has 0 amide bonds. The highest BCUT2D eigenvalue weighted by molar-refractivity contribution is 7.57. The molecule has 0 fully saturated rings. The van der Waals surface area contributed by atoms with Gasteiger partial charge in [0.25, 0.3) is 0 Å². The molecule has 3 aromatic rings. The molecule has 3 nitrogen and oxygen atoms in total. The Morgan fingerprint density at radius 1 is 0.408 bits per heavy atom. The van der Waals surface area contributed by atoms with Crippen molar-refractivity contribution in [2.24, 2.45) is 0 Å². The number of allylic oxidation sites excluding steroid dienone is 6. The molecule has 0 atom stereocenters.